The van der Waals surface area contributed by atoms with Crippen LogP contribution in [0, 0.1) is 18.8 Å². The number of halogens is 3. The lowest BCUT2D eigenvalue weighted by Crippen LogP contribution is -2.42. The fourth-order valence-corrected chi connectivity index (χ4v) is 6.33. The van der Waals surface area contributed by atoms with E-state index in [9.17, 15) is 26.4 Å². The number of aryl methyl sites for hydroxylation is 1. The quantitative estimate of drug-likeness (QED) is 0.506. The van der Waals surface area contributed by atoms with Gasteiger partial charge in [0.15, 0.2) is 0 Å². The summed E-state index contributed by atoms with van der Waals surface area (Å²) in [6, 6.07) is 12.0. The molecule has 2 heterocycles. The molecule has 0 spiro atoms. The molecule has 1 aliphatic heterocycles. The Balaban J connectivity index is 1.63. The molecule has 11 heteroatoms. The molecule has 0 radical (unpaired) electrons. The first-order valence-electron chi connectivity index (χ1n) is 11.5. The molecule has 1 aromatic heterocycles. The Morgan fingerprint density at radius 1 is 1.03 bits per heavy atom. The van der Waals surface area contributed by atoms with Gasteiger partial charge in [0.2, 0.25) is 10.0 Å². The van der Waals surface area contributed by atoms with E-state index in [1.165, 1.54) is 52.8 Å². The van der Waals surface area contributed by atoms with E-state index in [-0.39, 0.29) is 33.8 Å². The smallest absolute Gasteiger partial charge is 0.306 e. The lowest BCUT2D eigenvalue weighted by Gasteiger charge is -2.34. The van der Waals surface area contributed by atoms with Crippen molar-refractivity contribution in [3.05, 3.63) is 71.4 Å². The number of nitrogens with zero attached hydrogens (tertiary/aromatic N) is 3. The lowest BCUT2D eigenvalue weighted by atomic mass is 9.94. The van der Waals surface area contributed by atoms with Crippen LogP contribution < -0.4 is 5.32 Å². The number of para-hydroxylation sites is 1. The van der Waals surface area contributed by atoms with E-state index in [0.29, 0.717) is 18.8 Å². The molecule has 4 rings (SSSR count). The van der Waals surface area contributed by atoms with Gasteiger partial charge in [-0.2, -0.15) is 22.6 Å². The molecule has 2 atom stereocenters. The molecule has 0 bridgehead atoms. The molecule has 36 heavy (non-hydrogen) atoms. The SMILES string of the molecule is Cc1cc(NC(=O)c2cccc(S(=O)(=O)N3C[C@H](C)C[C@H](C)C3)c2)n(-c2ccccc2C(F)(F)F)n1. The Morgan fingerprint density at radius 2 is 1.69 bits per heavy atom. The summed E-state index contributed by atoms with van der Waals surface area (Å²) in [4.78, 5) is 13.1. The minimum absolute atomic E-state index is 0.0106. The molecule has 7 nitrogen and oxygen atoms in total. The van der Waals surface area contributed by atoms with Crippen molar-refractivity contribution >= 4 is 21.7 Å². The van der Waals surface area contributed by atoms with Crippen LogP contribution in [0.1, 0.15) is 41.9 Å². The Hall–Kier alpha value is -3.18. The van der Waals surface area contributed by atoms with Crippen LogP contribution in [0.4, 0.5) is 19.0 Å². The fourth-order valence-electron chi connectivity index (χ4n) is 4.61. The number of hydrogen-bond donors (Lipinski definition) is 1. The summed E-state index contributed by atoms with van der Waals surface area (Å²) in [6.07, 6.45) is -3.68. The molecular formula is C25H27F3N4O3S. The number of benzene rings is 2. The van der Waals surface area contributed by atoms with Crippen molar-refractivity contribution in [3.63, 3.8) is 0 Å². The summed E-state index contributed by atoms with van der Waals surface area (Å²) in [5.74, 6) is -0.199. The number of carbonyl (C=O) groups excluding carboxylic acids is 1. The molecule has 2 aromatic carbocycles. The van der Waals surface area contributed by atoms with Crippen LogP contribution in [-0.4, -0.2) is 41.5 Å². The van der Waals surface area contributed by atoms with E-state index in [0.717, 1.165) is 17.2 Å². The second kappa shape index (κ2) is 9.70. The van der Waals surface area contributed by atoms with Gasteiger partial charge in [-0.25, -0.2) is 13.1 Å². The minimum Gasteiger partial charge on any atom is -0.306 e. The van der Waals surface area contributed by atoms with Gasteiger partial charge in [0.25, 0.3) is 5.91 Å². The molecule has 0 saturated carbocycles. The van der Waals surface area contributed by atoms with E-state index in [2.05, 4.69) is 10.4 Å². The zero-order valence-electron chi connectivity index (χ0n) is 20.1. The van der Waals surface area contributed by atoms with Gasteiger partial charge >= 0.3 is 6.18 Å². The highest BCUT2D eigenvalue weighted by Crippen LogP contribution is 2.35. The number of carbonyl (C=O) groups is 1. The number of nitrogens with one attached hydrogen (secondary N) is 1. The third-order valence-electron chi connectivity index (χ3n) is 6.08. The van der Waals surface area contributed by atoms with E-state index in [1.54, 1.807) is 6.92 Å². The summed E-state index contributed by atoms with van der Waals surface area (Å²) in [7, 11) is -3.81. The maximum absolute atomic E-state index is 13.6. The monoisotopic (exact) mass is 520 g/mol. The largest absolute Gasteiger partial charge is 0.418 e. The van der Waals surface area contributed by atoms with Gasteiger partial charge in [-0.15, -0.1) is 0 Å². The number of amides is 1. The van der Waals surface area contributed by atoms with Gasteiger partial charge in [-0.3, -0.25) is 4.79 Å². The average Bonchev–Trinajstić information content (AvgIpc) is 3.17. The molecule has 0 unspecified atom stereocenters. The molecule has 1 amide bonds. The van der Waals surface area contributed by atoms with Crippen LogP contribution in [-0.2, 0) is 16.2 Å². The van der Waals surface area contributed by atoms with Crippen LogP contribution in [0.25, 0.3) is 5.69 Å². The summed E-state index contributed by atoms with van der Waals surface area (Å²) < 4.78 is 69.7. The third kappa shape index (κ3) is 5.31. The number of alkyl halides is 3. The van der Waals surface area contributed by atoms with Crippen molar-refractivity contribution in [3.8, 4) is 5.69 Å². The zero-order valence-corrected chi connectivity index (χ0v) is 20.9. The molecule has 1 fully saturated rings. The van der Waals surface area contributed by atoms with Crippen molar-refractivity contribution in [2.24, 2.45) is 11.8 Å². The number of sulfonamides is 1. The summed E-state index contributed by atoms with van der Waals surface area (Å²) in [6.45, 7) is 6.41. The maximum atomic E-state index is 13.6. The molecule has 1 aliphatic rings. The highest BCUT2D eigenvalue weighted by atomic mass is 32.2. The van der Waals surface area contributed by atoms with Crippen molar-refractivity contribution in [1.29, 1.82) is 0 Å². The lowest BCUT2D eigenvalue weighted by molar-refractivity contribution is -0.137. The van der Waals surface area contributed by atoms with Crippen molar-refractivity contribution in [2.45, 2.75) is 38.3 Å². The molecule has 192 valence electrons. The van der Waals surface area contributed by atoms with Crippen LogP contribution in [0.3, 0.4) is 0 Å². The number of piperidine rings is 1. The normalized spacial score (nSPS) is 19.3. The second-order valence-corrected chi connectivity index (χ2v) is 11.3. The summed E-state index contributed by atoms with van der Waals surface area (Å²) in [5, 5.41) is 6.72. The number of hydrogen-bond acceptors (Lipinski definition) is 4. The first-order valence-corrected chi connectivity index (χ1v) is 12.9. The van der Waals surface area contributed by atoms with Gasteiger partial charge in [0, 0.05) is 24.7 Å². The Bertz CT molecular complexity index is 1380. The Labute approximate surface area is 208 Å². The summed E-state index contributed by atoms with van der Waals surface area (Å²) >= 11 is 0. The first-order chi connectivity index (χ1) is 16.9. The minimum atomic E-state index is -4.62. The van der Waals surface area contributed by atoms with Crippen LogP contribution >= 0.6 is 0 Å². The number of aromatic nitrogens is 2. The number of rotatable bonds is 5. The Morgan fingerprint density at radius 3 is 2.36 bits per heavy atom. The van der Waals surface area contributed by atoms with Crippen molar-refractivity contribution in [1.82, 2.24) is 14.1 Å². The fraction of sp³-hybridized carbons (Fsp3) is 0.360. The van der Waals surface area contributed by atoms with Crippen molar-refractivity contribution in [2.75, 3.05) is 18.4 Å². The molecule has 1 saturated heterocycles. The van der Waals surface area contributed by atoms with Gasteiger partial charge in [0.05, 0.1) is 21.8 Å². The van der Waals surface area contributed by atoms with E-state index >= 15 is 0 Å². The average molecular weight is 521 g/mol. The van der Waals surface area contributed by atoms with Crippen LogP contribution in [0.2, 0.25) is 0 Å². The van der Waals surface area contributed by atoms with Gasteiger partial charge in [-0.05, 0) is 55.5 Å². The molecule has 0 aliphatic carbocycles. The topological polar surface area (TPSA) is 84.3 Å². The molecule has 1 N–H and O–H groups in total. The zero-order chi connectivity index (χ0) is 26.3. The highest BCUT2D eigenvalue weighted by Gasteiger charge is 2.35. The van der Waals surface area contributed by atoms with Crippen LogP contribution in [0.15, 0.2) is 59.5 Å². The predicted octanol–water partition coefficient (Wildman–Crippen LogP) is 5.12. The predicted molar refractivity (Wildman–Crippen MR) is 129 cm³/mol. The van der Waals surface area contributed by atoms with Crippen LogP contribution in [0.5, 0.6) is 0 Å². The second-order valence-electron chi connectivity index (χ2n) is 9.35. The molecule has 3 aromatic rings. The van der Waals surface area contributed by atoms with Crippen molar-refractivity contribution < 1.29 is 26.4 Å². The Kier molecular flexibility index (Phi) is 6.98. The van der Waals surface area contributed by atoms with E-state index in [4.69, 9.17) is 0 Å². The number of anilines is 1. The van der Waals surface area contributed by atoms with Gasteiger partial charge in [-0.1, -0.05) is 32.0 Å². The van der Waals surface area contributed by atoms with Gasteiger partial charge in [0.1, 0.15) is 5.82 Å². The molecular weight excluding hydrogens is 493 g/mol. The maximum Gasteiger partial charge on any atom is 0.418 e. The van der Waals surface area contributed by atoms with E-state index < -0.39 is 27.7 Å². The standard InChI is InChI=1S/C25H27F3N4O3S/c1-16-11-17(2)15-31(14-16)36(34,35)20-8-6-7-19(13-20)24(33)29-23-12-18(3)30-32(23)22-10-5-4-9-21(22)25(26,27)28/h4-10,12-13,16-17H,11,14-15H2,1-3H3,(H,29,33)/t16-,17+. The van der Waals surface area contributed by atoms with Gasteiger partial charge < -0.3 is 5.32 Å². The first kappa shape index (κ1) is 25.9. The van der Waals surface area contributed by atoms with E-state index in [1.807, 2.05) is 13.8 Å². The third-order valence-corrected chi connectivity index (χ3v) is 7.91. The summed E-state index contributed by atoms with van der Waals surface area (Å²) in [5.41, 5.74) is -0.685. The highest BCUT2D eigenvalue weighted by molar-refractivity contribution is 7.89.